The number of carbonyl (C=O) groups excluding carboxylic acids is 2. The number of imidazole rings is 1. The Kier molecular flexibility index (Phi) is 5.80. The van der Waals surface area contributed by atoms with Gasteiger partial charge in [0.15, 0.2) is 0 Å². The smallest absolute Gasteiger partial charge is 0.255 e. The van der Waals surface area contributed by atoms with E-state index in [0.717, 1.165) is 65.2 Å². The van der Waals surface area contributed by atoms with E-state index in [1.165, 1.54) is 19.3 Å². The van der Waals surface area contributed by atoms with Gasteiger partial charge in [0.05, 0.1) is 11.0 Å². The number of aromatic nitrogens is 2. The molecule has 1 aromatic heterocycles. The first kappa shape index (κ1) is 24.1. The molecule has 0 aliphatic heterocycles. The van der Waals surface area contributed by atoms with Gasteiger partial charge in [-0.05, 0) is 105 Å². The van der Waals surface area contributed by atoms with Gasteiger partial charge in [0, 0.05) is 27.9 Å². The molecule has 1 heterocycles. The van der Waals surface area contributed by atoms with Crippen molar-refractivity contribution in [2.45, 2.75) is 51.0 Å². The van der Waals surface area contributed by atoms with Crippen LogP contribution in [0.3, 0.4) is 0 Å². The van der Waals surface area contributed by atoms with Crippen LogP contribution in [0.25, 0.3) is 22.4 Å². The quantitative estimate of drug-likeness (QED) is 0.271. The highest BCUT2D eigenvalue weighted by Crippen LogP contribution is 2.59. The summed E-state index contributed by atoms with van der Waals surface area (Å²) in [5, 5.41) is 6.42. The highest BCUT2D eigenvalue weighted by atomic mass is 16.2. The fourth-order valence-corrected chi connectivity index (χ4v) is 7.43. The van der Waals surface area contributed by atoms with Crippen molar-refractivity contribution in [1.29, 1.82) is 0 Å². The van der Waals surface area contributed by atoms with Gasteiger partial charge in [-0.15, -0.1) is 0 Å². The van der Waals surface area contributed by atoms with E-state index >= 15 is 0 Å². The number of amides is 2. The molecule has 2 amide bonds. The molecule has 3 N–H and O–H groups in total. The molecule has 3 aromatic carbocycles. The maximum Gasteiger partial charge on any atom is 0.255 e. The second kappa shape index (κ2) is 9.37. The molecule has 0 spiro atoms. The monoisotopic (exact) mass is 518 g/mol. The van der Waals surface area contributed by atoms with Gasteiger partial charge in [0.1, 0.15) is 5.82 Å². The number of rotatable bonds is 5. The molecule has 6 heteroatoms. The molecule has 3 fully saturated rings. The van der Waals surface area contributed by atoms with Gasteiger partial charge in [-0.2, -0.15) is 0 Å². The summed E-state index contributed by atoms with van der Waals surface area (Å²) in [6.07, 6.45) is 7.31. The van der Waals surface area contributed by atoms with Gasteiger partial charge < -0.3 is 15.6 Å². The molecule has 5 atom stereocenters. The molecule has 3 aliphatic rings. The Morgan fingerprint density at radius 3 is 2.51 bits per heavy atom. The Morgan fingerprint density at radius 2 is 1.69 bits per heavy atom. The fraction of sp³-hybridized carbons (Fsp3) is 0.364. The molecule has 3 unspecified atom stereocenters. The van der Waals surface area contributed by atoms with Crippen LogP contribution in [0.4, 0.5) is 5.69 Å². The predicted octanol–water partition coefficient (Wildman–Crippen LogP) is 6.82. The van der Waals surface area contributed by atoms with E-state index in [1.807, 2.05) is 60.7 Å². The zero-order valence-corrected chi connectivity index (χ0v) is 22.2. The Labute approximate surface area is 228 Å². The third-order valence-corrected chi connectivity index (χ3v) is 9.49. The lowest BCUT2D eigenvalue weighted by Crippen LogP contribution is -2.47. The number of benzene rings is 3. The second-order valence-electron chi connectivity index (χ2n) is 12.2. The molecule has 39 heavy (non-hydrogen) atoms. The first-order valence-electron chi connectivity index (χ1n) is 14.2. The van der Waals surface area contributed by atoms with Crippen molar-refractivity contribution in [2.75, 3.05) is 5.32 Å². The minimum Gasteiger partial charge on any atom is -0.347 e. The summed E-state index contributed by atoms with van der Waals surface area (Å²) in [4.78, 5) is 34.2. The van der Waals surface area contributed by atoms with Crippen molar-refractivity contribution in [2.24, 2.45) is 23.7 Å². The van der Waals surface area contributed by atoms with Crippen LogP contribution in [0.5, 0.6) is 0 Å². The van der Waals surface area contributed by atoms with Crippen LogP contribution < -0.4 is 10.6 Å². The van der Waals surface area contributed by atoms with Gasteiger partial charge in [-0.1, -0.05) is 37.3 Å². The second-order valence-corrected chi connectivity index (χ2v) is 12.2. The van der Waals surface area contributed by atoms with Crippen LogP contribution >= 0.6 is 0 Å². The molecule has 0 saturated heterocycles. The molecule has 2 bridgehead atoms. The van der Waals surface area contributed by atoms with Crippen molar-refractivity contribution in [3.05, 3.63) is 83.9 Å². The standard InChI is InChI=1S/C33H34N4O2/c1-20-13-14-33(18-25-16-24(15-20)27(25)19-33)37-32(39)23-11-12-28-29(17-23)36-30(35-28)21-7-9-22(10-8-21)31(38)34-26-5-3-2-4-6-26/h2-12,17,20,24-25,27H,13-16,18-19H2,1H3,(H,34,38)(H,35,36)(H,37,39)/t20?,24-,25+,27?,33?/m1/s1. The number of nitrogens with one attached hydrogen (secondary N) is 3. The van der Waals surface area contributed by atoms with Crippen molar-refractivity contribution < 1.29 is 9.59 Å². The van der Waals surface area contributed by atoms with Gasteiger partial charge in [-0.3, -0.25) is 9.59 Å². The fourth-order valence-electron chi connectivity index (χ4n) is 7.43. The maximum atomic E-state index is 13.5. The van der Waals surface area contributed by atoms with E-state index in [0.29, 0.717) is 17.0 Å². The molecule has 6 nitrogen and oxygen atoms in total. The number of hydrogen-bond donors (Lipinski definition) is 3. The van der Waals surface area contributed by atoms with Crippen molar-refractivity contribution in [3.63, 3.8) is 0 Å². The average Bonchev–Trinajstić information content (AvgIpc) is 3.52. The molecule has 4 aromatic rings. The van der Waals surface area contributed by atoms with Crippen LogP contribution in [0.1, 0.15) is 66.2 Å². The van der Waals surface area contributed by atoms with Gasteiger partial charge in [-0.25, -0.2) is 4.98 Å². The lowest BCUT2D eigenvalue weighted by atomic mass is 9.63. The molecule has 198 valence electrons. The van der Waals surface area contributed by atoms with E-state index in [-0.39, 0.29) is 17.4 Å². The summed E-state index contributed by atoms with van der Waals surface area (Å²) in [5.41, 5.74) is 4.49. The van der Waals surface area contributed by atoms with Crippen LogP contribution in [0.15, 0.2) is 72.8 Å². The lowest BCUT2D eigenvalue weighted by Gasteiger charge is -2.42. The van der Waals surface area contributed by atoms with Crippen molar-refractivity contribution in [3.8, 4) is 11.4 Å². The summed E-state index contributed by atoms with van der Waals surface area (Å²) in [7, 11) is 0. The first-order valence-corrected chi connectivity index (χ1v) is 14.2. The molecule has 3 saturated carbocycles. The number of fused-ring (bicyclic) bond motifs is 2. The number of anilines is 1. The van der Waals surface area contributed by atoms with Crippen LogP contribution in [0, 0.1) is 23.7 Å². The van der Waals surface area contributed by atoms with Crippen molar-refractivity contribution in [1.82, 2.24) is 15.3 Å². The molecule has 7 rings (SSSR count). The van der Waals surface area contributed by atoms with Crippen LogP contribution in [0.2, 0.25) is 0 Å². The normalized spacial score (nSPS) is 27.3. The third-order valence-electron chi connectivity index (χ3n) is 9.49. The summed E-state index contributed by atoms with van der Waals surface area (Å²) in [5.74, 6) is 3.81. The highest BCUT2D eigenvalue weighted by molar-refractivity contribution is 6.04. The number of hydrogen-bond acceptors (Lipinski definition) is 3. The summed E-state index contributed by atoms with van der Waals surface area (Å²) in [6, 6.07) is 22.5. The van der Waals surface area contributed by atoms with E-state index < -0.39 is 0 Å². The minimum absolute atomic E-state index is 0.0212. The molecule has 0 radical (unpaired) electrons. The van der Waals surface area contributed by atoms with E-state index in [1.54, 1.807) is 12.1 Å². The number of carbonyl (C=O) groups is 2. The van der Waals surface area contributed by atoms with Crippen molar-refractivity contribution >= 4 is 28.5 Å². The summed E-state index contributed by atoms with van der Waals surface area (Å²) in [6.45, 7) is 2.38. The topological polar surface area (TPSA) is 86.9 Å². The Hall–Kier alpha value is -3.93. The highest BCUT2D eigenvalue weighted by Gasteiger charge is 2.55. The van der Waals surface area contributed by atoms with Gasteiger partial charge in [0.25, 0.3) is 11.8 Å². The minimum atomic E-state index is -0.156. The maximum absolute atomic E-state index is 13.5. The third kappa shape index (κ3) is 4.52. The first-order chi connectivity index (χ1) is 18.9. The Balaban J connectivity index is 1.07. The van der Waals surface area contributed by atoms with E-state index in [9.17, 15) is 9.59 Å². The molecular weight excluding hydrogens is 484 g/mol. The SMILES string of the molecule is CC1CCC2(NC(=O)c3ccc4nc(-c5ccc(C(=O)Nc6ccccc6)cc5)[nH]c4c3)CC3[C@H](C1)C[C@H]3C2. The molecular formula is C33H34N4O2. The summed E-state index contributed by atoms with van der Waals surface area (Å²) < 4.78 is 0. The van der Waals surface area contributed by atoms with Gasteiger partial charge in [0.2, 0.25) is 0 Å². The van der Waals surface area contributed by atoms with E-state index in [2.05, 4.69) is 22.5 Å². The zero-order chi connectivity index (χ0) is 26.6. The number of H-pyrrole nitrogens is 1. The predicted molar refractivity (Wildman–Crippen MR) is 153 cm³/mol. The average molecular weight is 519 g/mol. The Bertz CT molecular complexity index is 1540. The largest absolute Gasteiger partial charge is 0.347 e. The number of aromatic amines is 1. The van der Waals surface area contributed by atoms with Gasteiger partial charge >= 0.3 is 0 Å². The van der Waals surface area contributed by atoms with Crippen LogP contribution in [-0.2, 0) is 0 Å². The lowest BCUT2D eigenvalue weighted by molar-refractivity contribution is 0.0732. The van der Waals surface area contributed by atoms with Crippen LogP contribution in [-0.4, -0.2) is 27.3 Å². The van der Waals surface area contributed by atoms with E-state index in [4.69, 9.17) is 4.98 Å². The zero-order valence-electron chi connectivity index (χ0n) is 22.2. The number of para-hydroxylation sites is 1. The molecule has 3 aliphatic carbocycles. The Morgan fingerprint density at radius 1 is 0.897 bits per heavy atom. The number of nitrogens with zero attached hydrogens (tertiary/aromatic N) is 1. The summed E-state index contributed by atoms with van der Waals surface area (Å²) >= 11 is 0.